The SMILES string of the molecule is Cc1cc(N)ccc1N1C(=O)C[C@]2(CC(=O)N(c3ccc(N)cc3C(F)(F)F)C2=O)C1=O. The molecule has 2 fully saturated rings. The molecular formula is C21H17F3N4O4. The zero-order chi connectivity index (χ0) is 23.6. The number of anilines is 4. The van der Waals surface area contributed by atoms with E-state index in [1.165, 1.54) is 18.2 Å². The third kappa shape index (κ3) is 3.00. The Labute approximate surface area is 179 Å². The maximum Gasteiger partial charge on any atom is 0.418 e. The van der Waals surface area contributed by atoms with Gasteiger partial charge in [-0.1, -0.05) is 0 Å². The van der Waals surface area contributed by atoms with E-state index < -0.39 is 59.3 Å². The Balaban J connectivity index is 1.78. The molecule has 32 heavy (non-hydrogen) atoms. The number of nitrogens with two attached hydrogens (primary N) is 2. The Morgan fingerprint density at radius 3 is 1.78 bits per heavy atom. The number of imide groups is 2. The number of aryl methyl sites for hydroxylation is 1. The molecule has 0 radical (unpaired) electrons. The lowest BCUT2D eigenvalue weighted by molar-refractivity contribution is -0.137. The predicted octanol–water partition coefficient (Wildman–Crippen LogP) is 2.39. The summed E-state index contributed by atoms with van der Waals surface area (Å²) in [7, 11) is 0. The second-order valence-electron chi connectivity index (χ2n) is 7.82. The van der Waals surface area contributed by atoms with E-state index in [-0.39, 0.29) is 11.4 Å². The van der Waals surface area contributed by atoms with E-state index >= 15 is 0 Å². The molecule has 8 nitrogen and oxygen atoms in total. The van der Waals surface area contributed by atoms with Gasteiger partial charge in [-0.25, -0.2) is 9.80 Å². The lowest BCUT2D eigenvalue weighted by Crippen LogP contribution is -2.42. The molecule has 2 aromatic carbocycles. The van der Waals surface area contributed by atoms with Crippen LogP contribution in [0, 0.1) is 12.3 Å². The van der Waals surface area contributed by atoms with Gasteiger partial charge in [0.2, 0.25) is 11.8 Å². The zero-order valence-electron chi connectivity index (χ0n) is 16.7. The van der Waals surface area contributed by atoms with E-state index in [1.807, 2.05) is 0 Å². The third-order valence-corrected chi connectivity index (χ3v) is 5.66. The minimum absolute atomic E-state index is 0.188. The van der Waals surface area contributed by atoms with E-state index in [0.717, 1.165) is 17.0 Å². The number of hydrogen-bond donors (Lipinski definition) is 2. The van der Waals surface area contributed by atoms with Gasteiger partial charge in [0.15, 0.2) is 0 Å². The number of carbonyl (C=O) groups excluding carboxylic acids is 4. The van der Waals surface area contributed by atoms with Gasteiger partial charge in [-0.15, -0.1) is 0 Å². The van der Waals surface area contributed by atoms with Crippen LogP contribution < -0.4 is 21.3 Å². The van der Waals surface area contributed by atoms with Crippen molar-refractivity contribution in [3.8, 4) is 0 Å². The molecule has 2 heterocycles. The van der Waals surface area contributed by atoms with Crippen molar-refractivity contribution in [3.63, 3.8) is 0 Å². The number of rotatable bonds is 2. The molecule has 2 aromatic rings. The first-order valence-corrected chi connectivity index (χ1v) is 9.44. The second kappa shape index (κ2) is 6.81. The van der Waals surface area contributed by atoms with E-state index in [1.54, 1.807) is 6.92 Å². The van der Waals surface area contributed by atoms with Crippen molar-refractivity contribution in [1.29, 1.82) is 0 Å². The molecule has 0 saturated carbocycles. The summed E-state index contributed by atoms with van der Waals surface area (Å²) in [4.78, 5) is 53.1. The summed E-state index contributed by atoms with van der Waals surface area (Å²) in [6, 6.07) is 7.04. The van der Waals surface area contributed by atoms with Crippen molar-refractivity contribution < 1.29 is 32.3 Å². The standard InChI is InChI=1S/C21H17F3N4O4/c1-10-6-11(25)2-4-14(10)27-16(29)8-20(18(27)31)9-17(30)28(19(20)32)15-5-3-12(26)7-13(15)21(22,23)24/h2-7H,8-9,25-26H2,1H3/t20-/m0/s1. The summed E-state index contributed by atoms with van der Waals surface area (Å²) < 4.78 is 40.7. The van der Waals surface area contributed by atoms with Gasteiger partial charge in [0.1, 0.15) is 5.41 Å². The van der Waals surface area contributed by atoms with E-state index in [2.05, 4.69) is 0 Å². The van der Waals surface area contributed by atoms with Crippen LogP contribution in [0.1, 0.15) is 24.0 Å². The Hall–Kier alpha value is -3.89. The largest absolute Gasteiger partial charge is 0.418 e. The first-order valence-electron chi connectivity index (χ1n) is 9.44. The predicted molar refractivity (Wildman–Crippen MR) is 108 cm³/mol. The molecule has 4 rings (SSSR count). The van der Waals surface area contributed by atoms with Crippen LogP contribution in [0.5, 0.6) is 0 Å². The maximum atomic E-state index is 13.6. The smallest absolute Gasteiger partial charge is 0.399 e. The van der Waals surface area contributed by atoms with Crippen LogP contribution in [0.4, 0.5) is 35.9 Å². The summed E-state index contributed by atoms with van der Waals surface area (Å²) in [5.74, 6) is -3.88. The summed E-state index contributed by atoms with van der Waals surface area (Å²) >= 11 is 0. The molecule has 2 saturated heterocycles. The number of hydrogen-bond acceptors (Lipinski definition) is 6. The van der Waals surface area contributed by atoms with E-state index in [9.17, 15) is 32.3 Å². The van der Waals surface area contributed by atoms with Gasteiger partial charge in [0.25, 0.3) is 11.8 Å². The molecular weight excluding hydrogens is 429 g/mol. The summed E-state index contributed by atoms with van der Waals surface area (Å²) in [6.45, 7) is 1.61. The Bertz CT molecular complexity index is 1210. The highest BCUT2D eigenvalue weighted by Crippen LogP contribution is 2.48. The van der Waals surface area contributed by atoms with Crippen LogP contribution in [-0.4, -0.2) is 23.6 Å². The second-order valence-corrected chi connectivity index (χ2v) is 7.82. The quantitative estimate of drug-likeness (QED) is 0.414. The van der Waals surface area contributed by atoms with Gasteiger partial charge in [-0.3, -0.25) is 19.2 Å². The van der Waals surface area contributed by atoms with Crippen molar-refractivity contribution in [2.75, 3.05) is 21.3 Å². The number of halogens is 3. The fraction of sp³-hybridized carbons (Fsp3) is 0.238. The van der Waals surface area contributed by atoms with Gasteiger partial charge >= 0.3 is 6.18 Å². The normalized spacial score (nSPS) is 21.4. The molecule has 0 unspecified atom stereocenters. The van der Waals surface area contributed by atoms with Crippen molar-refractivity contribution in [2.45, 2.75) is 25.9 Å². The van der Waals surface area contributed by atoms with Crippen molar-refractivity contribution >= 4 is 46.4 Å². The molecule has 166 valence electrons. The van der Waals surface area contributed by atoms with Crippen LogP contribution in [0.15, 0.2) is 36.4 Å². The molecule has 4 N–H and O–H groups in total. The Morgan fingerprint density at radius 2 is 1.28 bits per heavy atom. The maximum absolute atomic E-state index is 13.6. The summed E-state index contributed by atoms with van der Waals surface area (Å²) in [5, 5.41) is 0. The van der Waals surface area contributed by atoms with Crippen LogP contribution in [-0.2, 0) is 25.4 Å². The van der Waals surface area contributed by atoms with Crippen LogP contribution in [0.2, 0.25) is 0 Å². The minimum Gasteiger partial charge on any atom is -0.399 e. The topological polar surface area (TPSA) is 127 Å². The lowest BCUT2D eigenvalue weighted by Gasteiger charge is -2.23. The van der Waals surface area contributed by atoms with Crippen LogP contribution in [0.3, 0.4) is 0 Å². The first kappa shape index (κ1) is 21.3. The minimum atomic E-state index is -4.91. The third-order valence-electron chi connectivity index (χ3n) is 5.66. The summed E-state index contributed by atoms with van der Waals surface area (Å²) in [6.07, 6.45) is -6.26. The Kier molecular flexibility index (Phi) is 4.54. The average Bonchev–Trinajstić information content (AvgIpc) is 3.07. The van der Waals surface area contributed by atoms with Gasteiger partial charge in [0.05, 0.1) is 29.8 Å². The average molecular weight is 446 g/mol. The number of amides is 4. The number of carbonyl (C=O) groups is 4. The molecule has 11 heteroatoms. The van der Waals surface area contributed by atoms with Gasteiger partial charge in [0, 0.05) is 11.4 Å². The number of benzene rings is 2. The molecule has 2 aliphatic rings. The van der Waals surface area contributed by atoms with E-state index in [4.69, 9.17) is 11.5 Å². The molecule has 0 bridgehead atoms. The summed E-state index contributed by atoms with van der Waals surface area (Å²) in [5.41, 5.74) is 7.86. The fourth-order valence-electron chi connectivity index (χ4n) is 4.18. The first-order chi connectivity index (χ1) is 14.9. The highest BCUT2D eigenvalue weighted by molar-refractivity contribution is 6.38. The van der Waals surface area contributed by atoms with Gasteiger partial charge < -0.3 is 11.5 Å². The van der Waals surface area contributed by atoms with Crippen molar-refractivity contribution in [1.82, 2.24) is 0 Å². The number of alkyl halides is 3. The van der Waals surface area contributed by atoms with Crippen LogP contribution in [0.25, 0.3) is 0 Å². The number of nitrogens with zero attached hydrogens (tertiary/aromatic N) is 2. The van der Waals surface area contributed by atoms with Crippen molar-refractivity contribution in [2.24, 2.45) is 5.41 Å². The molecule has 0 aromatic heterocycles. The number of nitrogen functional groups attached to an aromatic ring is 2. The highest BCUT2D eigenvalue weighted by atomic mass is 19.4. The zero-order valence-corrected chi connectivity index (χ0v) is 16.7. The fourth-order valence-corrected chi connectivity index (χ4v) is 4.18. The molecule has 0 aliphatic carbocycles. The highest BCUT2D eigenvalue weighted by Gasteiger charge is 2.65. The molecule has 1 spiro atoms. The molecule has 2 aliphatic heterocycles. The molecule has 4 amide bonds. The lowest BCUT2D eigenvalue weighted by atomic mass is 9.84. The monoisotopic (exact) mass is 446 g/mol. The Morgan fingerprint density at radius 1 is 0.812 bits per heavy atom. The van der Waals surface area contributed by atoms with Crippen LogP contribution >= 0.6 is 0 Å². The van der Waals surface area contributed by atoms with Gasteiger partial charge in [-0.05, 0) is 48.9 Å². The van der Waals surface area contributed by atoms with Crippen molar-refractivity contribution in [3.05, 3.63) is 47.5 Å². The molecule has 1 atom stereocenters. The van der Waals surface area contributed by atoms with E-state index in [0.29, 0.717) is 22.2 Å². The van der Waals surface area contributed by atoms with Gasteiger partial charge in [-0.2, -0.15) is 13.2 Å².